The van der Waals surface area contributed by atoms with Crippen molar-refractivity contribution in [3.63, 3.8) is 0 Å². The highest BCUT2D eigenvalue weighted by Crippen LogP contribution is 2.14. The summed E-state index contributed by atoms with van der Waals surface area (Å²) in [6, 6.07) is 10.1. The largest absolute Gasteiger partial charge is 0.310 e. The summed E-state index contributed by atoms with van der Waals surface area (Å²) in [6.45, 7) is 11.2. The number of hydrogen-bond donors (Lipinski definition) is 1. The molecule has 1 aromatic rings. The average Bonchev–Trinajstić information content (AvgIpc) is 2.44. The molecule has 0 radical (unpaired) electrons. The zero-order valence-corrected chi connectivity index (χ0v) is 13.9. The number of hydrogen-bond acceptors (Lipinski definition) is 2. The van der Waals surface area contributed by atoms with Crippen molar-refractivity contribution in [3.05, 3.63) is 35.4 Å². The van der Waals surface area contributed by atoms with E-state index in [0.29, 0.717) is 12.1 Å². The summed E-state index contributed by atoms with van der Waals surface area (Å²) < 4.78 is 0. The third kappa shape index (κ3) is 6.06. The van der Waals surface area contributed by atoms with Crippen LogP contribution in [-0.4, -0.2) is 31.1 Å². The molecule has 1 rings (SSSR count). The second-order valence-corrected chi connectivity index (χ2v) is 6.10. The molecule has 0 aromatic heterocycles. The van der Waals surface area contributed by atoms with E-state index >= 15 is 0 Å². The lowest BCUT2D eigenvalue weighted by Gasteiger charge is -2.21. The summed E-state index contributed by atoms with van der Waals surface area (Å²) in [7, 11) is 2.19. The van der Waals surface area contributed by atoms with E-state index in [2.05, 4.69) is 69.2 Å². The standard InChI is InChI=1S/C18H32N2/c1-6-8-17-9-11-18(12-10-17)16(4)19-13-7-14-20(5)15(2)3/h9-12,15-16,19H,6-8,13-14H2,1-5H3. The molecule has 2 heteroatoms. The minimum Gasteiger partial charge on any atom is -0.310 e. The Bertz CT molecular complexity index is 356. The molecule has 2 nitrogen and oxygen atoms in total. The average molecular weight is 276 g/mol. The van der Waals surface area contributed by atoms with Gasteiger partial charge in [0.15, 0.2) is 0 Å². The van der Waals surface area contributed by atoms with Crippen LogP contribution in [0.2, 0.25) is 0 Å². The van der Waals surface area contributed by atoms with Crippen LogP contribution in [0, 0.1) is 0 Å². The van der Waals surface area contributed by atoms with Crippen LogP contribution in [0.15, 0.2) is 24.3 Å². The van der Waals surface area contributed by atoms with Gasteiger partial charge in [0, 0.05) is 12.1 Å². The highest BCUT2D eigenvalue weighted by molar-refractivity contribution is 5.24. The Labute approximate surface area is 125 Å². The predicted octanol–water partition coefficient (Wildman–Crippen LogP) is 4.02. The van der Waals surface area contributed by atoms with Gasteiger partial charge in [-0.05, 0) is 64.9 Å². The van der Waals surface area contributed by atoms with Gasteiger partial charge in [0.2, 0.25) is 0 Å². The fraction of sp³-hybridized carbons (Fsp3) is 0.667. The van der Waals surface area contributed by atoms with E-state index in [1.165, 1.54) is 30.4 Å². The van der Waals surface area contributed by atoms with Gasteiger partial charge in [0.25, 0.3) is 0 Å². The number of nitrogens with one attached hydrogen (secondary N) is 1. The molecule has 0 aliphatic heterocycles. The molecular formula is C18H32N2. The van der Waals surface area contributed by atoms with Crippen molar-refractivity contribution in [2.24, 2.45) is 0 Å². The molecule has 0 aliphatic rings. The maximum Gasteiger partial charge on any atom is 0.0291 e. The number of aryl methyl sites for hydroxylation is 1. The van der Waals surface area contributed by atoms with E-state index in [4.69, 9.17) is 0 Å². The second-order valence-electron chi connectivity index (χ2n) is 6.10. The monoisotopic (exact) mass is 276 g/mol. The van der Waals surface area contributed by atoms with Crippen molar-refractivity contribution in [2.75, 3.05) is 20.1 Å². The zero-order valence-electron chi connectivity index (χ0n) is 13.9. The molecule has 1 N–H and O–H groups in total. The van der Waals surface area contributed by atoms with Crippen LogP contribution in [0.1, 0.15) is 57.7 Å². The Balaban J connectivity index is 2.30. The minimum absolute atomic E-state index is 0.440. The molecule has 0 fully saturated rings. The highest BCUT2D eigenvalue weighted by atomic mass is 15.1. The van der Waals surface area contributed by atoms with E-state index in [1.54, 1.807) is 0 Å². The van der Waals surface area contributed by atoms with E-state index in [9.17, 15) is 0 Å². The number of rotatable bonds is 9. The first-order chi connectivity index (χ1) is 9.54. The van der Waals surface area contributed by atoms with E-state index < -0.39 is 0 Å². The fourth-order valence-electron chi connectivity index (χ4n) is 2.28. The summed E-state index contributed by atoms with van der Waals surface area (Å²) in [6.07, 6.45) is 3.60. The Morgan fingerprint density at radius 1 is 1.10 bits per heavy atom. The molecule has 20 heavy (non-hydrogen) atoms. The van der Waals surface area contributed by atoms with Crippen molar-refractivity contribution in [1.82, 2.24) is 10.2 Å². The van der Waals surface area contributed by atoms with Crippen LogP contribution < -0.4 is 5.32 Å². The SMILES string of the molecule is CCCc1ccc(C(C)NCCCN(C)C(C)C)cc1. The normalized spacial score (nSPS) is 13.2. The maximum absolute atomic E-state index is 3.62. The molecule has 0 heterocycles. The van der Waals surface area contributed by atoms with E-state index in [-0.39, 0.29) is 0 Å². The van der Waals surface area contributed by atoms with Crippen LogP contribution in [-0.2, 0) is 6.42 Å². The van der Waals surface area contributed by atoms with Gasteiger partial charge in [-0.1, -0.05) is 37.6 Å². The van der Waals surface area contributed by atoms with Crippen molar-refractivity contribution in [2.45, 2.75) is 59.0 Å². The third-order valence-corrected chi connectivity index (χ3v) is 4.04. The van der Waals surface area contributed by atoms with Gasteiger partial charge in [-0.2, -0.15) is 0 Å². The number of nitrogens with zero attached hydrogens (tertiary/aromatic N) is 1. The number of benzene rings is 1. The maximum atomic E-state index is 3.62. The highest BCUT2D eigenvalue weighted by Gasteiger charge is 2.06. The topological polar surface area (TPSA) is 15.3 Å². The summed E-state index contributed by atoms with van der Waals surface area (Å²) in [5, 5.41) is 3.62. The Morgan fingerprint density at radius 3 is 2.30 bits per heavy atom. The smallest absolute Gasteiger partial charge is 0.0291 e. The van der Waals surface area contributed by atoms with Crippen LogP contribution in [0.3, 0.4) is 0 Å². The van der Waals surface area contributed by atoms with Crippen LogP contribution in [0.25, 0.3) is 0 Å². The van der Waals surface area contributed by atoms with Gasteiger partial charge in [-0.3, -0.25) is 0 Å². The second kappa shape index (κ2) is 9.15. The van der Waals surface area contributed by atoms with Gasteiger partial charge < -0.3 is 10.2 Å². The molecule has 0 bridgehead atoms. The Morgan fingerprint density at radius 2 is 1.75 bits per heavy atom. The first kappa shape index (κ1) is 17.2. The van der Waals surface area contributed by atoms with Crippen LogP contribution in [0.4, 0.5) is 0 Å². The van der Waals surface area contributed by atoms with Gasteiger partial charge in [0.05, 0.1) is 0 Å². The summed E-state index contributed by atoms with van der Waals surface area (Å²) in [5.74, 6) is 0. The van der Waals surface area contributed by atoms with Crippen molar-refractivity contribution < 1.29 is 0 Å². The molecule has 0 saturated heterocycles. The van der Waals surface area contributed by atoms with Crippen molar-refractivity contribution >= 4 is 0 Å². The van der Waals surface area contributed by atoms with Crippen LogP contribution in [0.5, 0.6) is 0 Å². The molecular weight excluding hydrogens is 244 g/mol. The quantitative estimate of drug-likeness (QED) is 0.685. The third-order valence-electron chi connectivity index (χ3n) is 4.04. The predicted molar refractivity (Wildman–Crippen MR) is 89.2 cm³/mol. The van der Waals surface area contributed by atoms with Crippen molar-refractivity contribution in [1.29, 1.82) is 0 Å². The molecule has 114 valence electrons. The fourth-order valence-corrected chi connectivity index (χ4v) is 2.28. The molecule has 0 aliphatic carbocycles. The molecule has 1 atom stereocenters. The summed E-state index contributed by atoms with van der Waals surface area (Å²) in [4.78, 5) is 2.39. The Hall–Kier alpha value is -0.860. The Kier molecular flexibility index (Phi) is 7.86. The molecule has 0 amide bonds. The first-order valence-electron chi connectivity index (χ1n) is 8.07. The molecule has 0 spiro atoms. The van der Waals surface area contributed by atoms with Crippen LogP contribution >= 0.6 is 0 Å². The van der Waals surface area contributed by atoms with E-state index in [0.717, 1.165) is 13.1 Å². The molecule has 1 unspecified atom stereocenters. The minimum atomic E-state index is 0.440. The van der Waals surface area contributed by atoms with Crippen molar-refractivity contribution in [3.8, 4) is 0 Å². The molecule has 0 saturated carbocycles. The van der Waals surface area contributed by atoms with Gasteiger partial charge in [0.1, 0.15) is 0 Å². The lowest BCUT2D eigenvalue weighted by molar-refractivity contribution is 0.268. The lowest BCUT2D eigenvalue weighted by Crippen LogP contribution is -2.30. The van der Waals surface area contributed by atoms with Gasteiger partial charge >= 0.3 is 0 Å². The van der Waals surface area contributed by atoms with E-state index in [1.807, 2.05) is 0 Å². The summed E-state index contributed by atoms with van der Waals surface area (Å²) >= 11 is 0. The lowest BCUT2D eigenvalue weighted by atomic mass is 10.0. The van der Waals surface area contributed by atoms with Gasteiger partial charge in [-0.15, -0.1) is 0 Å². The first-order valence-corrected chi connectivity index (χ1v) is 8.07. The molecule has 1 aromatic carbocycles. The summed E-state index contributed by atoms with van der Waals surface area (Å²) in [5.41, 5.74) is 2.84. The van der Waals surface area contributed by atoms with Gasteiger partial charge in [-0.25, -0.2) is 0 Å². The zero-order chi connectivity index (χ0) is 15.0.